The summed E-state index contributed by atoms with van der Waals surface area (Å²) in [6.45, 7) is 9.57. The van der Waals surface area contributed by atoms with Gasteiger partial charge in [-0.05, 0) is 64.7 Å². The third-order valence-electron chi connectivity index (χ3n) is 5.69. The number of nitrogens with zero attached hydrogens (tertiary/aromatic N) is 2. The van der Waals surface area contributed by atoms with Crippen LogP contribution in [0.15, 0.2) is 0 Å². The van der Waals surface area contributed by atoms with Crippen LogP contribution in [-0.4, -0.2) is 62.2 Å². The fourth-order valence-electron chi connectivity index (χ4n) is 4.61. The number of hydrogen-bond donors (Lipinski definition) is 1. The molecule has 4 atom stereocenters. The third-order valence-corrected chi connectivity index (χ3v) is 5.69. The molecule has 4 unspecified atom stereocenters. The van der Waals surface area contributed by atoms with E-state index in [1.165, 1.54) is 58.2 Å². The van der Waals surface area contributed by atoms with Crippen LogP contribution in [0.3, 0.4) is 0 Å². The second kappa shape index (κ2) is 8.50. The molecule has 1 saturated carbocycles. The molecule has 1 saturated heterocycles. The van der Waals surface area contributed by atoms with Crippen molar-refractivity contribution in [3.63, 3.8) is 0 Å². The van der Waals surface area contributed by atoms with Gasteiger partial charge in [-0.25, -0.2) is 0 Å². The number of likely N-dealkylation sites (tertiary alicyclic amines) is 1. The van der Waals surface area contributed by atoms with Crippen molar-refractivity contribution in [1.82, 2.24) is 15.1 Å². The summed E-state index contributed by atoms with van der Waals surface area (Å²) >= 11 is 0. The standard InChI is InChI=1S/C18H37N3/c1-5-7-15-8-9-17(19-6-2)18(12-15)21(4)14-16-10-11-20(3)13-16/h15-19H,5-14H2,1-4H3. The number of nitrogens with one attached hydrogen (secondary N) is 1. The predicted molar refractivity (Wildman–Crippen MR) is 91.7 cm³/mol. The Kier molecular flexibility index (Phi) is 6.97. The van der Waals surface area contributed by atoms with Gasteiger partial charge in [0, 0.05) is 25.2 Å². The quantitative estimate of drug-likeness (QED) is 0.779. The maximum atomic E-state index is 3.76. The van der Waals surface area contributed by atoms with Crippen molar-refractivity contribution in [1.29, 1.82) is 0 Å². The van der Waals surface area contributed by atoms with E-state index in [0.717, 1.165) is 24.4 Å². The minimum Gasteiger partial charge on any atom is -0.313 e. The maximum absolute atomic E-state index is 3.76. The summed E-state index contributed by atoms with van der Waals surface area (Å²) in [6.07, 6.45) is 8.37. The van der Waals surface area contributed by atoms with Gasteiger partial charge in [-0.1, -0.05) is 26.7 Å². The van der Waals surface area contributed by atoms with Gasteiger partial charge in [0.05, 0.1) is 0 Å². The van der Waals surface area contributed by atoms with Crippen molar-refractivity contribution in [2.24, 2.45) is 11.8 Å². The van der Waals surface area contributed by atoms with E-state index in [9.17, 15) is 0 Å². The van der Waals surface area contributed by atoms with E-state index < -0.39 is 0 Å². The molecule has 1 aliphatic carbocycles. The zero-order chi connectivity index (χ0) is 15.2. The average molecular weight is 296 g/mol. The highest BCUT2D eigenvalue weighted by Crippen LogP contribution is 2.31. The lowest BCUT2D eigenvalue weighted by molar-refractivity contribution is 0.104. The van der Waals surface area contributed by atoms with E-state index in [-0.39, 0.29) is 0 Å². The van der Waals surface area contributed by atoms with Gasteiger partial charge in [0.25, 0.3) is 0 Å². The topological polar surface area (TPSA) is 18.5 Å². The van der Waals surface area contributed by atoms with Gasteiger partial charge in [0.1, 0.15) is 0 Å². The van der Waals surface area contributed by atoms with Gasteiger partial charge < -0.3 is 15.1 Å². The summed E-state index contributed by atoms with van der Waals surface area (Å²) in [5, 5.41) is 3.76. The molecule has 3 heteroatoms. The van der Waals surface area contributed by atoms with E-state index in [1.54, 1.807) is 0 Å². The summed E-state index contributed by atoms with van der Waals surface area (Å²) < 4.78 is 0. The molecule has 0 radical (unpaired) electrons. The van der Waals surface area contributed by atoms with E-state index in [4.69, 9.17) is 0 Å². The Morgan fingerprint density at radius 2 is 1.95 bits per heavy atom. The van der Waals surface area contributed by atoms with Crippen LogP contribution >= 0.6 is 0 Å². The summed E-state index contributed by atoms with van der Waals surface area (Å²) in [4.78, 5) is 5.18. The lowest BCUT2D eigenvalue weighted by Crippen LogP contribution is -2.53. The minimum absolute atomic E-state index is 0.715. The molecular weight excluding hydrogens is 258 g/mol. The molecule has 0 aromatic carbocycles. The van der Waals surface area contributed by atoms with E-state index >= 15 is 0 Å². The molecule has 0 aromatic rings. The van der Waals surface area contributed by atoms with Crippen LogP contribution in [0.25, 0.3) is 0 Å². The van der Waals surface area contributed by atoms with Crippen LogP contribution in [0.5, 0.6) is 0 Å². The van der Waals surface area contributed by atoms with Gasteiger partial charge in [-0.15, -0.1) is 0 Å². The Hall–Kier alpha value is -0.120. The van der Waals surface area contributed by atoms with Crippen molar-refractivity contribution >= 4 is 0 Å². The van der Waals surface area contributed by atoms with Gasteiger partial charge in [-0.3, -0.25) is 0 Å². The molecular formula is C18H37N3. The SMILES string of the molecule is CCCC1CCC(NCC)C(N(C)CC2CCN(C)C2)C1. The molecule has 3 nitrogen and oxygen atoms in total. The number of hydrogen-bond acceptors (Lipinski definition) is 3. The first-order valence-electron chi connectivity index (χ1n) is 9.26. The Bertz CT molecular complexity index is 294. The fourth-order valence-corrected chi connectivity index (χ4v) is 4.61. The summed E-state index contributed by atoms with van der Waals surface area (Å²) in [5.74, 6) is 1.84. The summed E-state index contributed by atoms with van der Waals surface area (Å²) in [6, 6.07) is 1.47. The molecule has 2 aliphatic rings. The second-order valence-electron chi connectivity index (χ2n) is 7.56. The highest BCUT2D eigenvalue weighted by Gasteiger charge is 2.33. The average Bonchev–Trinajstić information content (AvgIpc) is 2.86. The largest absolute Gasteiger partial charge is 0.313 e. The van der Waals surface area contributed by atoms with Crippen molar-refractivity contribution in [2.75, 3.05) is 40.3 Å². The first kappa shape index (κ1) is 17.2. The van der Waals surface area contributed by atoms with E-state index in [0.29, 0.717) is 6.04 Å². The highest BCUT2D eigenvalue weighted by molar-refractivity contribution is 4.91. The van der Waals surface area contributed by atoms with Crippen molar-refractivity contribution in [3.05, 3.63) is 0 Å². The smallest absolute Gasteiger partial charge is 0.0249 e. The molecule has 2 rings (SSSR count). The Morgan fingerprint density at radius 1 is 1.14 bits per heavy atom. The fraction of sp³-hybridized carbons (Fsp3) is 1.00. The minimum atomic E-state index is 0.715. The van der Waals surface area contributed by atoms with Crippen LogP contribution < -0.4 is 5.32 Å². The molecule has 0 amide bonds. The molecule has 1 heterocycles. The van der Waals surface area contributed by atoms with E-state index in [2.05, 4.69) is 43.1 Å². The monoisotopic (exact) mass is 295 g/mol. The van der Waals surface area contributed by atoms with Crippen LogP contribution in [0.1, 0.15) is 52.4 Å². The number of rotatable bonds is 7. The summed E-state index contributed by atoms with van der Waals surface area (Å²) in [7, 11) is 4.64. The zero-order valence-corrected chi connectivity index (χ0v) is 14.8. The first-order chi connectivity index (χ1) is 10.1. The Morgan fingerprint density at radius 3 is 2.57 bits per heavy atom. The first-order valence-corrected chi connectivity index (χ1v) is 9.26. The van der Waals surface area contributed by atoms with Crippen LogP contribution in [0.2, 0.25) is 0 Å². The van der Waals surface area contributed by atoms with Gasteiger partial charge in [0.2, 0.25) is 0 Å². The molecule has 1 N–H and O–H groups in total. The van der Waals surface area contributed by atoms with Crippen molar-refractivity contribution in [3.8, 4) is 0 Å². The third kappa shape index (κ3) is 4.94. The van der Waals surface area contributed by atoms with Gasteiger partial charge in [0.15, 0.2) is 0 Å². The Balaban J connectivity index is 1.90. The van der Waals surface area contributed by atoms with Gasteiger partial charge >= 0.3 is 0 Å². The van der Waals surface area contributed by atoms with E-state index in [1.807, 2.05) is 0 Å². The zero-order valence-electron chi connectivity index (χ0n) is 14.8. The molecule has 0 bridgehead atoms. The van der Waals surface area contributed by atoms with Crippen LogP contribution in [0, 0.1) is 11.8 Å². The van der Waals surface area contributed by atoms with Crippen molar-refractivity contribution < 1.29 is 0 Å². The highest BCUT2D eigenvalue weighted by atomic mass is 15.2. The summed E-state index contributed by atoms with van der Waals surface area (Å²) in [5.41, 5.74) is 0. The molecule has 2 fully saturated rings. The van der Waals surface area contributed by atoms with Crippen LogP contribution in [-0.2, 0) is 0 Å². The maximum Gasteiger partial charge on any atom is 0.0249 e. The molecule has 0 aromatic heterocycles. The normalized spacial score (nSPS) is 34.7. The lowest BCUT2D eigenvalue weighted by Gasteiger charge is -2.42. The second-order valence-corrected chi connectivity index (χ2v) is 7.56. The molecule has 0 spiro atoms. The Labute approximate surface area is 132 Å². The number of likely N-dealkylation sites (N-methyl/N-ethyl adjacent to an activating group) is 2. The molecule has 124 valence electrons. The van der Waals surface area contributed by atoms with Crippen LogP contribution in [0.4, 0.5) is 0 Å². The van der Waals surface area contributed by atoms with Gasteiger partial charge in [-0.2, -0.15) is 0 Å². The molecule has 21 heavy (non-hydrogen) atoms. The van der Waals surface area contributed by atoms with Crippen molar-refractivity contribution in [2.45, 2.75) is 64.5 Å². The predicted octanol–water partition coefficient (Wildman–Crippen LogP) is 2.82. The lowest BCUT2D eigenvalue weighted by atomic mass is 9.79. The molecule has 1 aliphatic heterocycles.